The molecule has 0 radical (unpaired) electrons. The molecule has 0 bridgehead atoms. The molecule has 30 heavy (non-hydrogen) atoms. The number of nitrogens with zero attached hydrogens (tertiary/aromatic N) is 4. The van der Waals surface area contributed by atoms with E-state index in [4.69, 9.17) is 0 Å². The highest BCUT2D eigenvalue weighted by atomic mass is 15.2. The van der Waals surface area contributed by atoms with Crippen LogP contribution in [-0.2, 0) is 6.42 Å². The number of rotatable bonds is 7. The maximum Gasteiger partial charge on any atom is 0.231 e. The predicted octanol–water partition coefficient (Wildman–Crippen LogP) is 5.87. The van der Waals surface area contributed by atoms with E-state index >= 15 is 0 Å². The fourth-order valence-electron chi connectivity index (χ4n) is 3.23. The summed E-state index contributed by atoms with van der Waals surface area (Å²) >= 11 is 0. The second-order valence-corrected chi connectivity index (χ2v) is 7.47. The summed E-state index contributed by atoms with van der Waals surface area (Å²) in [4.78, 5) is 18.0. The number of unbranched alkanes of at least 4 members (excludes halogenated alkanes) is 1. The first-order valence-electron chi connectivity index (χ1n) is 10.3. The Morgan fingerprint density at radius 1 is 0.800 bits per heavy atom. The second-order valence-electron chi connectivity index (χ2n) is 7.47. The smallest absolute Gasteiger partial charge is 0.231 e. The lowest BCUT2D eigenvalue weighted by Crippen LogP contribution is -2.04. The molecule has 2 N–H and O–H groups in total. The van der Waals surface area contributed by atoms with Gasteiger partial charge < -0.3 is 10.6 Å². The lowest BCUT2D eigenvalue weighted by atomic mass is 10.1. The van der Waals surface area contributed by atoms with Gasteiger partial charge in [-0.1, -0.05) is 31.5 Å². The average Bonchev–Trinajstić information content (AvgIpc) is 2.76. The molecule has 152 valence electrons. The van der Waals surface area contributed by atoms with Crippen molar-refractivity contribution in [1.29, 1.82) is 0 Å². The van der Waals surface area contributed by atoms with E-state index in [1.165, 1.54) is 29.5 Å². The van der Waals surface area contributed by atoms with E-state index in [2.05, 4.69) is 87.7 Å². The second kappa shape index (κ2) is 8.86. The van der Waals surface area contributed by atoms with Crippen molar-refractivity contribution in [3.05, 3.63) is 71.5 Å². The first-order chi connectivity index (χ1) is 14.6. The molecule has 0 aliphatic rings. The van der Waals surface area contributed by atoms with Gasteiger partial charge in [-0.15, -0.1) is 0 Å². The van der Waals surface area contributed by atoms with Crippen LogP contribution >= 0.6 is 0 Å². The lowest BCUT2D eigenvalue weighted by Gasteiger charge is -2.12. The molecule has 0 aliphatic heterocycles. The molecule has 0 atom stereocenters. The number of fused-ring (bicyclic) bond motifs is 1. The molecule has 2 aromatic carbocycles. The fourth-order valence-corrected chi connectivity index (χ4v) is 3.23. The Labute approximate surface area is 176 Å². The summed E-state index contributed by atoms with van der Waals surface area (Å²) in [6.45, 7) is 6.40. The number of hydrogen-bond acceptors (Lipinski definition) is 6. The molecule has 2 heterocycles. The maximum atomic E-state index is 4.68. The van der Waals surface area contributed by atoms with Crippen molar-refractivity contribution in [3.63, 3.8) is 0 Å². The van der Waals surface area contributed by atoms with Gasteiger partial charge in [0.1, 0.15) is 0 Å². The molecule has 2 aromatic heterocycles. The van der Waals surface area contributed by atoms with Gasteiger partial charge in [-0.2, -0.15) is 9.97 Å². The van der Waals surface area contributed by atoms with Crippen LogP contribution in [0.5, 0.6) is 0 Å². The number of nitrogens with one attached hydrogen (secondary N) is 2. The molecule has 0 unspecified atom stereocenters. The van der Waals surface area contributed by atoms with Gasteiger partial charge in [0.2, 0.25) is 5.95 Å². The average molecular weight is 399 g/mol. The van der Waals surface area contributed by atoms with Crippen LogP contribution in [0.3, 0.4) is 0 Å². The normalized spacial score (nSPS) is 10.9. The van der Waals surface area contributed by atoms with Crippen molar-refractivity contribution in [2.75, 3.05) is 10.6 Å². The summed E-state index contributed by atoms with van der Waals surface area (Å²) < 4.78 is 0. The summed E-state index contributed by atoms with van der Waals surface area (Å²) in [6, 6.07) is 14.6. The predicted molar refractivity (Wildman–Crippen MR) is 123 cm³/mol. The quantitative estimate of drug-likeness (QED) is 0.406. The first kappa shape index (κ1) is 19.8. The number of benzene rings is 2. The van der Waals surface area contributed by atoms with Crippen molar-refractivity contribution >= 4 is 34.3 Å². The van der Waals surface area contributed by atoms with Crippen LogP contribution in [0.15, 0.2) is 54.9 Å². The Hall–Kier alpha value is -3.54. The Morgan fingerprint density at radius 2 is 1.57 bits per heavy atom. The minimum atomic E-state index is 0.482. The number of anilines is 4. The highest BCUT2D eigenvalue weighted by Gasteiger charge is 2.11. The highest BCUT2D eigenvalue weighted by Crippen LogP contribution is 2.25. The Kier molecular flexibility index (Phi) is 5.84. The first-order valence-corrected chi connectivity index (χ1v) is 10.3. The maximum absolute atomic E-state index is 4.68. The van der Waals surface area contributed by atoms with Crippen molar-refractivity contribution in [2.24, 2.45) is 0 Å². The van der Waals surface area contributed by atoms with Crippen LogP contribution in [0.4, 0.5) is 23.1 Å². The Morgan fingerprint density at radius 3 is 2.33 bits per heavy atom. The number of aromatic nitrogens is 4. The van der Waals surface area contributed by atoms with E-state index in [1.807, 2.05) is 6.07 Å². The standard InChI is InChI=1S/C24H26N6/c1-4-5-6-18-8-11-19(12-9-18)28-24-29-22-21(25-13-14-26-22)23(30-24)27-20-10-7-16(2)17(3)15-20/h7-15H,4-6H2,1-3H3,(H2,26,27,28,29,30). The van der Waals surface area contributed by atoms with Gasteiger partial charge in [-0.3, -0.25) is 0 Å². The summed E-state index contributed by atoms with van der Waals surface area (Å²) in [7, 11) is 0. The minimum absolute atomic E-state index is 0.482. The van der Waals surface area contributed by atoms with Gasteiger partial charge >= 0.3 is 0 Å². The Bertz CT molecular complexity index is 1150. The summed E-state index contributed by atoms with van der Waals surface area (Å²) in [5.41, 5.74) is 6.87. The molecule has 0 aliphatic carbocycles. The molecule has 4 rings (SSSR count). The van der Waals surface area contributed by atoms with E-state index < -0.39 is 0 Å². The molecule has 0 amide bonds. The minimum Gasteiger partial charge on any atom is -0.338 e. The Balaban J connectivity index is 1.63. The zero-order chi connectivity index (χ0) is 20.9. The van der Waals surface area contributed by atoms with E-state index in [-0.39, 0.29) is 0 Å². The lowest BCUT2D eigenvalue weighted by molar-refractivity contribution is 0.795. The van der Waals surface area contributed by atoms with Gasteiger partial charge in [-0.05, 0) is 67.6 Å². The van der Waals surface area contributed by atoms with Crippen LogP contribution in [0.2, 0.25) is 0 Å². The topological polar surface area (TPSA) is 75.6 Å². The van der Waals surface area contributed by atoms with Crippen LogP contribution < -0.4 is 10.6 Å². The molecular weight excluding hydrogens is 372 g/mol. The van der Waals surface area contributed by atoms with Gasteiger partial charge in [0.15, 0.2) is 17.0 Å². The third-order valence-corrected chi connectivity index (χ3v) is 5.13. The third kappa shape index (κ3) is 4.54. The molecule has 0 spiro atoms. The highest BCUT2D eigenvalue weighted by molar-refractivity contribution is 5.86. The largest absolute Gasteiger partial charge is 0.338 e. The van der Waals surface area contributed by atoms with Crippen molar-refractivity contribution in [2.45, 2.75) is 40.0 Å². The van der Waals surface area contributed by atoms with Gasteiger partial charge in [0.05, 0.1) is 0 Å². The molecule has 4 aromatic rings. The van der Waals surface area contributed by atoms with E-state index in [0.717, 1.165) is 17.8 Å². The zero-order valence-electron chi connectivity index (χ0n) is 17.6. The molecule has 0 fully saturated rings. The fraction of sp³-hybridized carbons (Fsp3) is 0.250. The van der Waals surface area contributed by atoms with Crippen LogP contribution in [0, 0.1) is 13.8 Å². The summed E-state index contributed by atoms with van der Waals surface area (Å²) in [5.74, 6) is 1.11. The van der Waals surface area contributed by atoms with Crippen LogP contribution in [0.25, 0.3) is 11.2 Å². The molecule has 0 saturated carbocycles. The molecular formula is C24H26N6. The van der Waals surface area contributed by atoms with Gasteiger partial charge in [0.25, 0.3) is 0 Å². The third-order valence-electron chi connectivity index (χ3n) is 5.13. The van der Waals surface area contributed by atoms with Gasteiger partial charge in [-0.25, -0.2) is 9.97 Å². The van der Waals surface area contributed by atoms with E-state index in [1.54, 1.807) is 12.4 Å². The molecule has 6 heteroatoms. The van der Waals surface area contributed by atoms with Crippen molar-refractivity contribution in [3.8, 4) is 0 Å². The van der Waals surface area contributed by atoms with Crippen molar-refractivity contribution < 1.29 is 0 Å². The summed E-state index contributed by atoms with van der Waals surface area (Å²) in [5, 5.41) is 6.68. The van der Waals surface area contributed by atoms with Gasteiger partial charge in [0, 0.05) is 23.8 Å². The number of aryl methyl sites for hydroxylation is 3. The molecule has 6 nitrogen and oxygen atoms in total. The van der Waals surface area contributed by atoms with Crippen molar-refractivity contribution in [1.82, 2.24) is 19.9 Å². The van der Waals surface area contributed by atoms with E-state index in [0.29, 0.717) is 22.9 Å². The van der Waals surface area contributed by atoms with Crippen LogP contribution in [-0.4, -0.2) is 19.9 Å². The zero-order valence-corrected chi connectivity index (χ0v) is 17.6. The number of hydrogen-bond donors (Lipinski definition) is 2. The van der Waals surface area contributed by atoms with Crippen LogP contribution in [0.1, 0.15) is 36.5 Å². The molecule has 0 saturated heterocycles. The van der Waals surface area contributed by atoms with E-state index in [9.17, 15) is 0 Å². The summed E-state index contributed by atoms with van der Waals surface area (Å²) in [6.07, 6.45) is 6.79. The monoisotopic (exact) mass is 398 g/mol. The SMILES string of the molecule is CCCCc1ccc(Nc2nc(Nc3ccc(C)c(C)c3)c3nccnc3n2)cc1.